The Morgan fingerprint density at radius 2 is 1.90 bits per heavy atom. The van der Waals surface area contributed by atoms with Crippen molar-refractivity contribution in [1.82, 2.24) is 14.5 Å². The Bertz CT molecular complexity index is 1390. The number of nitrogens with one attached hydrogen (secondary N) is 1. The molecule has 0 aliphatic heterocycles. The second kappa shape index (κ2) is 8.09. The average Bonchev–Trinajstić information content (AvgIpc) is 2.76. The number of halogens is 1. The smallest absolute Gasteiger partial charge is 0.195 e. The van der Waals surface area contributed by atoms with Crippen LogP contribution >= 0.6 is 11.6 Å². The molecule has 0 saturated carbocycles. The Morgan fingerprint density at radius 3 is 2.61 bits per heavy atom. The molecule has 0 radical (unpaired) electrons. The fraction of sp³-hybridized carbons (Fsp3) is 0.130. The van der Waals surface area contributed by atoms with Crippen LogP contribution in [0.1, 0.15) is 24.1 Å². The summed E-state index contributed by atoms with van der Waals surface area (Å²) in [4.78, 5) is 21.7. The Balaban J connectivity index is 2.00. The lowest BCUT2D eigenvalue weighted by Crippen LogP contribution is -2.23. The van der Waals surface area contributed by atoms with Crippen molar-refractivity contribution in [1.29, 1.82) is 5.26 Å². The van der Waals surface area contributed by atoms with E-state index in [1.165, 1.54) is 6.33 Å². The zero-order chi connectivity index (χ0) is 22.1. The van der Waals surface area contributed by atoms with Crippen molar-refractivity contribution in [3.8, 4) is 17.3 Å². The van der Waals surface area contributed by atoms with Crippen molar-refractivity contribution in [2.75, 3.05) is 11.1 Å². The number of benzene rings is 2. The van der Waals surface area contributed by atoms with Crippen LogP contribution in [-0.4, -0.2) is 14.5 Å². The van der Waals surface area contributed by atoms with Gasteiger partial charge in [0.2, 0.25) is 0 Å². The van der Waals surface area contributed by atoms with Crippen molar-refractivity contribution < 1.29 is 0 Å². The number of pyridine rings is 1. The number of rotatable bonds is 4. The maximum Gasteiger partial charge on any atom is 0.195 e. The lowest BCUT2D eigenvalue weighted by Gasteiger charge is -2.23. The van der Waals surface area contributed by atoms with E-state index in [9.17, 15) is 10.1 Å². The number of aryl methyl sites for hydroxylation is 1. The first-order chi connectivity index (χ1) is 14.9. The lowest BCUT2D eigenvalue weighted by molar-refractivity contribution is 0.835. The summed E-state index contributed by atoms with van der Waals surface area (Å²) in [6, 6.07) is 16.4. The molecule has 0 amide bonds. The summed E-state index contributed by atoms with van der Waals surface area (Å²) < 4.78 is 1.93. The quantitative estimate of drug-likeness (QED) is 0.500. The summed E-state index contributed by atoms with van der Waals surface area (Å²) in [7, 11) is 1.88. The molecule has 4 aromatic rings. The van der Waals surface area contributed by atoms with Gasteiger partial charge in [-0.3, -0.25) is 4.79 Å². The molecule has 3 N–H and O–H groups in total. The van der Waals surface area contributed by atoms with Gasteiger partial charge in [-0.25, -0.2) is 9.97 Å². The van der Waals surface area contributed by atoms with E-state index < -0.39 is 6.04 Å². The normalized spacial score (nSPS) is 11.8. The zero-order valence-electron chi connectivity index (χ0n) is 16.9. The lowest BCUT2D eigenvalue weighted by atomic mass is 9.97. The predicted octanol–water partition coefficient (Wildman–Crippen LogP) is 4.28. The number of aromatic nitrogens is 3. The van der Waals surface area contributed by atoms with Crippen molar-refractivity contribution in [2.24, 2.45) is 7.05 Å². The fourth-order valence-corrected chi connectivity index (χ4v) is 4.13. The number of nitrogens with zero attached hydrogens (tertiary/aromatic N) is 4. The number of hydrogen-bond acceptors (Lipinski definition) is 6. The molecule has 2 aromatic carbocycles. The first kappa shape index (κ1) is 20.4. The number of nitriles is 1. The van der Waals surface area contributed by atoms with E-state index in [0.29, 0.717) is 21.5 Å². The van der Waals surface area contributed by atoms with E-state index in [1.54, 1.807) is 18.2 Å². The Morgan fingerprint density at radius 1 is 1.16 bits per heavy atom. The molecule has 2 aromatic heterocycles. The van der Waals surface area contributed by atoms with Crippen LogP contribution in [0.2, 0.25) is 5.02 Å². The standard InChI is InChI=1S/C23H19ClN6O/c1-13(29-23-16(11-25)22(26)27-12-28-23)18-19(14-7-4-3-5-8-14)30(2)20-15(21(18)31)9-6-10-17(20)24/h3-10,12-13H,1-2H3,(H3,26,27,28,29). The van der Waals surface area contributed by atoms with E-state index in [-0.39, 0.29) is 22.6 Å². The molecular weight excluding hydrogens is 412 g/mol. The van der Waals surface area contributed by atoms with Gasteiger partial charge in [-0.1, -0.05) is 48.0 Å². The summed E-state index contributed by atoms with van der Waals surface area (Å²) in [5, 5.41) is 13.6. The number of para-hydroxylation sites is 1. The van der Waals surface area contributed by atoms with Gasteiger partial charge in [0.1, 0.15) is 29.6 Å². The number of anilines is 2. The van der Waals surface area contributed by atoms with E-state index in [4.69, 9.17) is 17.3 Å². The molecule has 0 aliphatic rings. The highest BCUT2D eigenvalue weighted by molar-refractivity contribution is 6.35. The maximum atomic E-state index is 13.6. The summed E-state index contributed by atoms with van der Waals surface area (Å²) in [5.41, 5.74) is 8.60. The van der Waals surface area contributed by atoms with Crippen molar-refractivity contribution in [3.63, 3.8) is 0 Å². The van der Waals surface area contributed by atoms with Crippen molar-refractivity contribution in [3.05, 3.63) is 81.2 Å². The van der Waals surface area contributed by atoms with Gasteiger partial charge >= 0.3 is 0 Å². The molecule has 1 atom stereocenters. The molecule has 7 nitrogen and oxygen atoms in total. The number of nitrogens with two attached hydrogens (primary N) is 1. The van der Waals surface area contributed by atoms with Gasteiger partial charge in [0.05, 0.1) is 22.3 Å². The van der Waals surface area contributed by atoms with E-state index in [0.717, 1.165) is 11.3 Å². The van der Waals surface area contributed by atoms with Crippen molar-refractivity contribution in [2.45, 2.75) is 13.0 Å². The van der Waals surface area contributed by atoms with Crippen LogP contribution in [0, 0.1) is 11.3 Å². The van der Waals surface area contributed by atoms with Gasteiger partial charge in [0.15, 0.2) is 5.43 Å². The Kier molecular flexibility index (Phi) is 5.32. The number of nitrogen functional groups attached to an aromatic ring is 1. The van der Waals surface area contributed by atoms with E-state index >= 15 is 0 Å². The largest absolute Gasteiger partial charge is 0.382 e. The number of fused-ring (bicyclic) bond motifs is 1. The topological polar surface area (TPSA) is 110 Å². The highest BCUT2D eigenvalue weighted by atomic mass is 35.5. The minimum atomic E-state index is -0.487. The van der Waals surface area contributed by atoms with Gasteiger partial charge < -0.3 is 15.6 Å². The molecule has 154 valence electrons. The third-order valence-electron chi connectivity index (χ3n) is 5.22. The Labute approximate surface area is 183 Å². The summed E-state index contributed by atoms with van der Waals surface area (Å²) >= 11 is 6.47. The van der Waals surface area contributed by atoms with E-state index in [2.05, 4.69) is 15.3 Å². The molecule has 0 saturated heterocycles. The fourth-order valence-electron chi connectivity index (χ4n) is 3.83. The molecular formula is C23H19ClN6O. The molecule has 0 bridgehead atoms. The second-order valence-electron chi connectivity index (χ2n) is 7.11. The van der Waals surface area contributed by atoms with Gasteiger partial charge in [-0.15, -0.1) is 0 Å². The van der Waals surface area contributed by atoms with Gasteiger partial charge in [-0.05, 0) is 24.6 Å². The highest BCUT2D eigenvalue weighted by Gasteiger charge is 2.23. The summed E-state index contributed by atoms with van der Waals surface area (Å²) in [6.45, 7) is 1.85. The monoisotopic (exact) mass is 430 g/mol. The predicted molar refractivity (Wildman–Crippen MR) is 123 cm³/mol. The SMILES string of the molecule is CC(Nc1ncnc(N)c1C#N)c1c(-c2ccccc2)n(C)c2c(Cl)cccc2c1=O. The third kappa shape index (κ3) is 3.47. The molecule has 8 heteroatoms. The molecule has 0 fully saturated rings. The molecule has 4 rings (SSSR count). The third-order valence-corrected chi connectivity index (χ3v) is 5.53. The van der Waals surface area contributed by atoms with Crippen LogP contribution in [-0.2, 0) is 7.05 Å². The van der Waals surface area contributed by atoms with Crippen molar-refractivity contribution >= 4 is 34.1 Å². The van der Waals surface area contributed by atoms with Crippen LogP contribution in [0.25, 0.3) is 22.2 Å². The number of hydrogen-bond donors (Lipinski definition) is 2. The minimum Gasteiger partial charge on any atom is -0.382 e. The molecule has 1 unspecified atom stereocenters. The first-order valence-corrected chi connectivity index (χ1v) is 9.95. The van der Waals surface area contributed by atoms with Crippen LogP contribution in [0.15, 0.2) is 59.7 Å². The summed E-state index contributed by atoms with van der Waals surface area (Å²) in [5.74, 6) is 0.350. The minimum absolute atomic E-state index is 0.0775. The second-order valence-corrected chi connectivity index (χ2v) is 7.52. The molecule has 2 heterocycles. The first-order valence-electron chi connectivity index (χ1n) is 9.57. The van der Waals surface area contributed by atoms with Gasteiger partial charge in [-0.2, -0.15) is 5.26 Å². The molecule has 0 spiro atoms. The Hall–Kier alpha value is -3.89. The van der Waals surface area contributed by atoms with Gasteiger partial charge in [0.25, 0.3) is 0 Å². The highest BCUT2D eigenvalue weighted by Crippen LogP contribution is 2.33. The van der Waals surface area contributed by atoms with Crippen LogP contribution in [0.3, 0.4) is 0 Å². The van der Waals surface area contributed by atoms with Crippen LogP contribution in [0.4, 0.5) is 11.6 Å². The summed E-state index contributed by atoms with van der Waals surface area (Å²) in [6.07, 6.45) is 1.28. The maximum absolute atomic E-state index is 13.6. The van der Waals surface area contributed by atoms with Crippen LogP contribution < -0.4 is 16.5 Å². The zero-order valence-corrected chi connectivity index (χ0v) is 17.7. The van der Waals surface area contributed by atoms with E-state index in [1.807, 2.05) is 54.9 Å². The molecule has 0 aliphatic carbocycles. The van der Waals surface area contributed by atoms with Gasteiger partial charge in [0, 0.05) is 18.0 Å². The molecule has 31 heavy (non-hydrogen) atoms. The average molecular weight is 431 g/mol. The van der Waals surface area contributed by atoms with Crippen LogP contribution in [0.5, 0.6) is 0 Å².